The first kappa shape index (κ1) is 15.7. The number of ether oxygens (including phenoxy) is 1. The van der Waals surface area contributed by atoms with E-state index in [1.807, 2.05) is 19.1 Å². The second-order valence-corrected chi connectivity index (χ2v) is 5.95. The summed E-state index contributed by atoms with van der Waals surface area (Å²) in [5.74, 6) is 0.0548. The van der Waals surface area contributed by atoms with E-state index in [2.05, 4.69) is 27.5 Å². The maximum Gasteiger partial charge on any atom is 0.225 e. The van der Waals surface area contributed by atoms with Crippen LogP contribution >= 0.6 is 0 Å². The summed E-state index contributed by atoms with van der Waals surface area (Å²) in [6, 6.07) is 8.17. The first-order chi connectivity index (χ1) is 11.2. The van der Waals surface area contributed by atoms with Gasteiger partial charge in [-0.25, -0.2) is 9.67 Å². The quantitative estimate of drug-likeness (QED) is 0.913. The zero-order valence-electron chi connectivity index (χ0n) is 13.3. The molecule has 1 aromatic carbocycles. The molecule has 2 heterocycles. The highest BCUT2D eigenvalue weighted by Crippen LogP contribution is 2.20. The summed E-state index contributed by atoms with van der Waals surface area (Å²) in [4.78, 5) is 16.2. The lowest BCUT2D eigenvalue weighted by molar-refractivity contribution is -0.133. The third-order valence-corrected chi connectivity index (χ3v) is 4.24. The Bertz CT molecular complexity index is 625. The molecule has 6 heteroatoms. The zero-order chi connectivity index (χ0) is 16.1. The van der Waals surface area contributed by atoms with Crippen LogP contribution < -0.4 is 5.32 Å². The van der Waals surface area contributed by atoms with E-state index < -0.39 is 0 Å². The van der Waals surface area contributed by atoms with E-state index in [4.69, 9.17) is 4.74 Å². The van der Waals surface area contributed by atoms with Crippen molar-refractivity contribution in [3.8, 4) is 0 Å². The molecule has 0 spiro atoms. The van der Waals surface area contributed by atoms with Gasteiger partial charge in [0, 0.05) is 13.2 Å². The van der Waals surface area contributed by atoms with Crippen molar-refractivity contribution in [1.82, 2.24) is 20.1 Å². The minimum Gasteiger partial charge on any atom is -0.378 e. The predicted molar refractivity (Wildman–Crippen MR) is 85.6 cm³/mol. The Labute approximate surface area is 135 Å². The van der Waals surface area contributed by atoms with Gasteiger partial charge in [-0.3, -0.25) is 4.79 Å². The van der Waals surface area contributed by atoms with E-state index in [-0.39, 0.29) is 17.9 Å². The summed E-state index contributed by atoms with van der Waals surface area (Å²) >= 11 is 0. The van der Waals surface area contributed by atoms with E-state index in [9.17, 15) is 4.79 Å². The Hall–Kier alpha value is -2.21. The standard InChI is InChI=1S/C17H22N4O2/c1-13-16(3-2-8-23-13)17(22)19-9-14-4-6-15(7-5-14)10-21-12-18-11-20-21/h4-7,11-13,16H,2-3,8-10H2,1H3,(H,19,22)/t13-,16-/m0/s1. The normalized spacial score (nSPS) is 21.1. The number of nitrogens with zero attached hydrogens (tertiary/aromatic N) is 3. The Morgan fingerprint density at radius 1 is 1.35 bits per heavy atom. The molecule has 3 rings (SSSR count). The van der Waals surface area contributed by atoms with E-state index in [0.717, 1.165) is 30.6 Å². The molecule has 0 radical (unpaired) electrons. The highest BCUT2D eigenvalue weighted by Gasteiger charge is 2.28. The van der Waals surface area contributed by atoms with E-state index in [1.54, 1.807) is 11.0 Å². The average molecular weight is 314 g/mol. The molecule has 2 aromatic rings. The maximum absolute atomic E-state index is 12.3. The van der Waals surface area contributed by atoms with Gasteiger partial charge in [-0.05, 0) is 30.9 Å². The summed E-state index contributed by atoms with van der Waals surface area (Å²) in [7, 11) is 0. The van der Waals surface area contributed by atoms with Crippen molar-refractivity contribution in [2.45, 2.75) is 39.0 Å². The molecule has 23 heavy (non-hydrogen) atoms. The van der Waals surface area contributed by atoms with Crippen LogP contribution in [0.5, 0.6) is 0 Å². The fourth-order valence-corrected chi connectivity index (χ4v) is 2.85. The Kier molecular flexibility index (Phi) is 5.02. The molecule has 1 aliphatic rings. The molecule has 1 N–H and O–H groups in total. The molecule has 1 aromatic heterocycles. The molecular formula is C17H22N4O2. The van der Waals surface area contributed by atoms with Gasteiger partial charge in [-0.2, -0.15) is 5.10 Å². The Morgan fingerprint density at radius 2 is 2.13 bits per heavy atom. The molecule has 0 bridgehead atoms. The summed E-state index contributed by atoms with van der Waals surface area (Å²) in [5, 5.41) is 7.11. The fraction of sp³-hybridized carbons (Fsp3) is 0.471. The molecule has 1 saturated heterocycles. The lowest BCUT2D eigenvalue weighted by Gasteiger charge is -2.28. The molecule has 122 valence electrons. The van der Waals surface area contributed by atoms with Crippen LogP contribution in [0.25, 0.3) is 0 Å². The summed E-state index contributed by atoms with van der Waals surface area (Å²) in [6.07, 6.45) is 5.10. The van der Waals surface area contributed by atoms with Gasteiger partial charge in [0.05, 0.1) is 18.6 Å². The monoisotopic (exact) mass is 314 g/mol. The molecule has 6 nitrogen and oxygen atoms in total. The highest BCUT2D eigenvalue weighted by atomic mass is 16.5. The van der Waals surface area contributed by atoms with Crippen molar-refractivity contribution in [3.63, 3.8) is 0 Å². The Balaban J connectivity index is 1.51. The largest absolute Gasteiger partial charge is 0.378 e. The van der Waals surface area contributed by atoms with Crippen molar-refractivity contribution in [2.24, 2.45) is 5.92 Å². The van der Waals surface area contributed by atoms with Crippen molar-refractivity contribution in [1.29, 1.82) is 0 Å². The lowest BCUT2D eigenvalue weighted by atomic mass is 9.94. The molecule has 1 amide bonds. The van der Waals surface area contributed by atoms with Gasteiger partial charge in [0.25, 0.3) is 0 Å². The molecule has 1 aliphatic heterocycles. The van der Waals surface area contributed by atoms with Crippen LogP contribution in [0.1, 0.15) is 30.9 Å². The number of nitrogens with one attached hydrogen (secondary N) is 1. The smallest absolute Gasteiger partial charge is 0.225 e. The topological polar surface area (TPSA) is 69.0 Å². The molecule has 0 unspecified atom stereocenters. The van der Waals surface area contributed by atoms with E-state index in [0.29, 0.717) is 13.1 Å². The third-order valence-electron chi connectivity index (χ3n) is 4.24. The maximum atomic E-state index is 12.3. The number of carbonyl (C=O) groups excluding carboxylic acids is 1. The molecular weight excluding hydrogens is 292 g/mol. The van der Waals surface area contributed by atoms with Crippen LogP contribution in [-0.4, -0.2) is 33.4 Å². The first-order valence-corrected chi connectivity index (χ1v) is 8.02. The highest BCUT2D eigenvalue weighted by molar-refractivity contribution is 5.79. The number of hydrogen-bond donors (Lipinski definition) is 1. The lowest BCUT2D eigenvalue weighted by Crippen LogP contribution is -2.39. The minimum absolute atomic E-state index is 0.00815. The number of rotatable bonds is 5. The van der Waals surface area contributed by atoms with Crippen molar-refractivity contribution >= 4 is 5.91 Å². The van der Waals surface area contributed by atoms with Gasteiger partial charge in [0.1, 0.15) is 12.7 Å². The summed E-state index contributed by atoms with van der Waals surface area (Å²) in [6.45, 7) is 3.98. The van der Waals surface area contributed by atoms with Crippen molar-refractivity contribution in [2.75, 3.05) is 6.61 Å². The second-order valence-electron chi connectivity index (χ2n) is 5.95. The van der Waals surface area contributed by atoms with Crippen LogP contribution in [0.15, 0.2) is 36.9 Å². The van der Waals surface area contributed by atoms with Crippen molar-refractivity contribution in [3.05, 3.63) is 48.0 Å². The molecule has 2 atom stereocenters. The van der Waals surface area contributed by atoms with Crippen LogP contribution in [-0.2, 0) is 22.6 Å². The van der Waals surface area contributed by atoms with Crippen LogP contribution in [0, 0.1) is 5.92 Å². The van der Waals surface area contributed by atoms with Gasteiger partial charge in [-0.1, -0.05) is 24.3 Å². The van der Waals surface area contributed by atoms with Gasteiger partial charge >= 0.3 is 0 Å². The molecule has 0 saturated carbocycles. The SMILES string of the molecule is C[C@@H]1OCCC[C@@H]1C(=O)NCc1ccc(Cn2cncn2)cc1. The first-order valence-electron chi connectivity index (χ1n) is 8.02. The van der Waals surface area contributed by atoms with Gasteiger partial charge in [0.2, 0.25) is 5.91 Å². The third kappa shape index (κ3) is 4.16. The second kappa shape index (κ2) is 7.37. The number of carbonyl (C=O) groups is 1. The number of hydrogen-bond acceptors (Lipinski definition) is 4. The zero-order valence-corrected chi connectivity index (χ0v) is 13.3. The predicted octanol–water partition coefficient (Wildman–Crippen LogP) is 1.76. The van der Waals surface area contributed by atoms with Gasteiger partial charge in [0.15, 0.2) is 0 Å². The molecule has 1 fully saturated rings. The Morgan fingerprint density at radius 3 is 2.83 bits per heavy atom. The number of benzene rings is 1. The minimum atomic E-state index is -0.0321. The number of amides is 1. The fourth-order valence-electron chi connectivity index (χ4n) is 2.85. The van der Waals surface area contributed by atoms with Gasteiger partial charge < -0.3 is 10.1 Å². The van der Waals surface area contributed by atoms with Gasteiger partial charge in [-0.15, -0.1) is 0 Å². The summed E-state index contributed by atoms with van der Waals surface area (Å²) in [5.41, 5.74) is 2.24. The van der Waals surface area contributed by atoms with E-state index in [1.165, 1.54) is 6.33 Å². The van der Waals surface area contributed by atoms with Crippen LogP contribution in [0.2, 0.25) is 0 Å². The number of aromatic nitrogens is 3. The van der Waals surface area contributed by atoms with Crippen molar-refractivity contribution < 1.29 is 9.53 Å². The van der Waals surface area contributed by atoms with E-state index >= 15 is 0 Å². The average Bonchev–Trinajstić information content (AvgIpc) is 3.07. The van der Waals surface area contributed by atoms with Crippen LogP contribution in [0.3, 0.4) is 0 Å². The van der Waals surface area contributed by atoms with Crippen LogP contribution in [0.4, 0.5) is 0 Å². The summed E-state index contributed by atoms with van der Waals surface area (Å²) < 4.78 is 7.33. The molecule has 0 aliphatic carbocycles.